The molecule has 0 saturated carbocycles. The Balaban J connectivity index is 1.82. The van der Waals surface area contributed by atoms with Gasteiger partial charge in [0.1, 0.15) is 6.61 Å². The maximum atomic E-state index is 11.0. The minimum atomic E-state index is -0.959. The number of benzene rings is 3. The smallest absolute Gasteiger partial charge is 0.335 e. The van der Waals surface area contributed by atoms with Gasteiger partial charge in [-0.25, -0.2) is 4.79 Å². The Morgan fingerprint density at radius 3 is 2.58 bits per heavy atom. The molecule has 3 rings (SSSR count). The van der Waals surface area contributed by atoms with Crippen LogP contribution < -0.4 is 9.47 Å². The van der Waals surface area contributed by atoms with E-state index in [1.165, 1.54) is 0 Å². The van der Waals surface area contributed by atoms with Crippen LogP contribution in [0.3, 0.4) is 0 Å². The van der Waals surface area contributed by atoms with E-state index in [0.29, 0.717) is 23.1 Å². The lowest BCUT2D eigenvalue weighted by Gasteiger charge is -2.15. The molecule has 1 N–H and O–H groups in total. The molecular weight excluding hydrogens is 482 g/mol. The fourth-order valence-electron chi connectivity index (χ4n) is 2.84. The van der Waals surface area contributed by atoms with E-state index < -0.39 is 5.97 Å². The highest BCUT2D eigenvalue weighted by Crippen LogP contribution is 2.37. The zero-order valence-corrected chi connectivity index (χ0v) is 19.4. The summed E-state index contributed by atoms with van der Waals surface area (Å²) in [7, 11) is 0. The lowest BCUT2D eigenvalue weighted by Crippen LogP contribution is -2.02. The minimum Gasteiger partial charge on any atom is -0.490 e. The summed E-state index contributed by atoms with van der Waals surface area (Å²) in [5.74, 6) is 0.197. The van der Waals surface area contributed by atoms with E-state index in [4.69, 9.17) is 26.2 Å². The molecule has 160 valence electrons. The molecule has 5 nitrogen and oxygen atoms in total. The molecule has 0 saturated heterocycles. The van der Waals surface area contributed by atoms with E-state index in [1.54, 1.807) is 30.5 Å². The van der Waals surface area contributed by atoms with Crippen molar-refractivity contribution < 1.29 is 19.4 Å². The van der Waals surface area contributed by atoms with E-state index in [9.17, 15) is 4.79 Å². The normalized spacial score (nSPS) is 11.0. The number of hydrogen-bond donors (Lipinski definition) is 1. The van der Waals surface area contributed by atoms with Crippen LogP contribution in [0.5, 0.6) is 11.5 Å². The maximum absolute atomic E-state index is 11.0. The van der Waals surface area contributed by atoms with E-state index in [1.807, 2.05) is 44.2 Å². The van der Waals surface area contributed by atoms with E-state index in [-0.39, 0.29) is 12.2 Å². The maximum Gasteiger partial charge on any atom is 0.335 e. The summed E-state index contributed by atoms with van der Waals surface area (Å²) in [6, 6.07) is 15.9. The molecule has 0 radical (unpaired) electrons. The van der Waals surface area contributed by atoms with Gasteiger partial charge in [0, 0.05) is 11.2 Å². The van der Waals surface area contributed by atoms with Crippen molar-refractivity contribution in [2.24, 2.45) is 4.99 Å². The van der Waals surface area contributed by atoms with Crippen LogP contribution >= 0.6 is 27.5 Å². The van der Waals surface area contributed by atoms with Gasteiger partial charge < -0.3 is 14.6 Å². The highest BCUT2D eigenvalue weighted by molar-refractivity contribution is 9.10. The lowest BCUT2D eigenvalue weighted by molar-refractivity contribution is 0.0697. The van der Waals surface area contributed by atoms with Crippen molar-refractivity contribution in [3.63, 3.8) is 0 Å². The van der Waals surface area contributed by atoms with Crippen molar-refractivity contribution in [2.75, 3.05) is 6.61 Å². The number of nitrogens with zero attached hydrogens (tertiary/aromatic N) is 1. The molecule has 0 amide bonds. The number of carboxylic acids is 1. The molecule has 7 heteroatoms. The highest BCUT2D eigenvalue weighted by Gasteiger charge is 2.13. The van der Waals surface area contributed by atoms with Crippen molar-refractivity contribution in [2.45, 2.75) is 20.5 Å². The Hall–Kier alpha value is -2.83. The van der Waals surface area contributed by atoms with Crippen LogP contribution in [-0.2, 0) is 6.61 Å². The summed E-state index contributed by atoms with van der Waals surface area (Å²) in [4.78, 5) is 15.5. The zero-order chi connectivity index (χ0) is 22.4. The summed E-state index contributed by atoms with van der Waals surface area (Å²) < 4.78 is 12.5. The molecular formula is C24H21BrClNO4. The number of halogens is 2. The summed E-state index contributed by atoms with van der Waals surface area (Å²) in [6.07, 6.45) is 1.75. The van der Waals surface area contributed by atoms with Gasteiger partial charge in [0.15, 0.2) is 11.5 Å². The summed E-state index contributed by atoms with van der Waals surface area (Å²) in [5, 5.41) is 9.69. The molecule has 0 bridgehead atoms. The zero-order valence-electron chi connectivity index (χ0n) is 17.1. The van der Waals surface area contributed by atoms with Crippen molar-refractivity contribution in [1.82, 2.24) is 0 Å². The second-order valence-electron chi connectivity index (χ2n) is 6.70. The number of carbonyl (C=O) groups is 1. The third-order valence-electron chi connectivity index (χ3n) is 4.51. The molecule has 3 aromatic rings. The molecule has 0 aromatic heterocycles. The van der Waals surface area contributed by atoms with Gasteiger partial charge >= 0.3 is 5.97 Å². The molecule has 0 aliphatic carbocycles. The molecule has 0 atom stereocenters. The second kappa shape index (κ2) is 10.5. The summed E-state index contributed by atoms with van der Waals surface area (Å²) in [5.41, 5.74) is 3.64. The van der Waals surface area contributed by atoms with Gasteiger partial charge in [-0.3, -0.25) is 4.99 Å². The predicted octanol–water partition coefficient (Wildman–Crippen LogP) is 6.84. The first-order valence-corrected chi connectivity index (χ1v) is 10.8. The first-order chi connectivity index (χ1) is 14.9. The second-order valence-corrected chi connectivity index (χ2v) is 7.96. The van der Waals surface area contributed by atoms with Crippen LogP contribution in [0.25, 0.3) is 0 Å². The van der Waals surface area contributed by atoms with Crippen LogP contribution in [-0.4, -0.2) is 23.9 Å². The monoisotopic (exact) mass is 501 g/mol. The van der Waals surface area contributed by atoms with Crippen molar-refractivity contribution in [1.29, 1.82) is 0 Å². The number of aliphatic imine (C=N–C) groups is 1. The van der Waals surface area contributed by atoms with E-state index in [0.717, 1.165) is 26.9 Å². The lowest BCUT2D eigenvalue weighted by atomic mass is 10.1. The number of rotatable bonds is 8. The topological polar surface area (TPSA) is 68.1 Å². The SMILES string of the molecule is CCOc1cc(C=Nc2cccc(Cl)c2C)cc(Br)c1OCc1ccc(C(=O)O)cc1. The van der Waals surface area contributed by atoms with Gasteiger partial charge in [-0.2, -0.15) is 0 Å². The number of aromatic carboxylic acids is 1. The first kappa shape index (κ1) is 22.8. The fraction of sp³-hybridized carbons (Fsp3) is 0.167. The molecule has 0 aliphatic rings. The summed E-state index contributed by atoms with van der Waals surface area (Å²) >= 11 is 9.73. The van der Waals surface area contributed by atoms with E-state index in [2.05, 4.69) is 20.9 Å². The van der Waals surface area contributed by atoms with Crippen LogP contribution in [0.4, 0.5) is 5.69 Å². The largest absolute Gasteiger partial charge is 0.490 e. The van der Waals surface area contributed by atoms with E-state index >= 15 is 0 Å². The van der Waals surface area contributed by atoms with Gasteiger partial charge in [0.2, 0.25) is 0 Å². The van der Waals surface area contributed by atoms with Crippen LogP contribution in [0, 0.1) is 6.92 Å². The van der Waals surface area contributed by atoms with Gasteiger partial charge in [-0.1, -0.05) is 29.8 Å². The van der Waals surface area contributed by atoms with Crippen LogP contribution in [0.15, 0.2) is 64.1 Å². The van der Waals surface area contributed by atoms with Crippen LogP contribution in [0.2, 0.25) is 5.02 Å². The minimum absolute atomic E-state index is 0.235. The Bertz CT molecular complexity index is 1110. The average molecular weight is 503 g/mol. The molecule has 0 unspecified atom stereocenters. The van der Waals surface area contributed by atoms with Gasteiger partial charge in [0.25, 0.3) is 0 Å². The Kier molecular flexibility index (Phi) is 7.71. The van der Waals surface area contributed by atoms with Crippen molar-refractivity contribution >= 4 is 45.4 Å². The quantitative estimate of drug-likeness (QED) is 0.343. The average Bonchev–Trinajstić information content (AvgIpc) is 2.74. The van der Waals surface area contributed by atoms with Gasteiger partial charge in [-0.15, -0.1) is 0 Å². The first-order valence-electron chi connectivity index (χ1n) is 9.59. The number of hydrogen-bond acceptors (Lipinski definition) is 4. The Morgan fingerprint density at radius 1 is 1.16 bits per heavy atom. The molecule has 0 aliphatic heterocycles. The Morgan fingerprint density at radius 2 is 1.90 bits per heavy atom. The van der Waals surface area contributed by atoms with Gasteiger partial charge in [-0.05, 0) is 82.9 Å². The fourth-order valence-corrected chi connectivity index (χ4v) is 3.59. The van der Waals surface area contributed by atoms with Crippen molar-refractivity contribution in [3.05, 3.63) is 86.3 Å². The number of ether oxygens (including phenoxy) is 2. The third-order valence-corrected chi connectivity index (χ3v) is 5.51. The highest BCUT2D eigenvalue weighted by atomic mass is 79.9. The molecule has 31 heavy (non-hydrogen) atoms. The molecule has 0 spiro atoms. The molecule has 0 heterocycles. The number of carboxylic acid groups (broad SMARTS) is 1. The molecule has 3 aromatic carbocycles. The van der Waals surface area contributed by atoms with Crippen molar-refractivity contribution in [3.8, 4) is 11.5 Å². The third kappa shape index (κ3) is 5.87. The van der Waals surface area contributed by atoms with Crippen LogP contribution in [0.1, 0.15) is 34.0 Å². The Labute approximate surface area is 194 Å². The summed E-state index contributed by atoms with van der Waals surface area (Å²) in [6.45, 7) is 4.58. The standard InChI is InChI=1S/C24H21BrClNO4/c1-3-30-22-12-17(13-27-21-6-4-5-20(26)15(21)2)11-19(25)23(22)31-14-16-7-9-18(10-8-16)24(28)29/h4-13H,3,14H2,1-2H3,(H,28,29). The molecule has 0 fully saturated rings. The predicted molar refractivity (Wildman–Crippen MR) is 126 cm³/mol. The van der Waals surface area contributed by atoms with Gasteiger partial charge in [0.05, 0.1) is 22.3 Å².